The molecular formula is C11H15BrO. The number of hydrogen-bond acceptors (Lipinski definition) is 1. The zero-order valence-corrected chi connectivity index (χ0v) is 9.85. The van der Waals surface area contributed by atoms with Crippen molar-refractivity contribution in [3.63, 3.8) is 0 Å². The Hall–Kier alpha value is -0.340. The fourth-order valence-corrected chi connectivity index (χ4v) is 2.03. The van der Waals surface area contributed by atoms with Gasteiger partial charge in [-0.2, -0.15) is 0 Å². The summed E-state index contributed by atoms with van der Waals surface area (Å²) in [6.07, 6.45) is 0.457. The van der Waals surface area contributed by atoms with Crippen molar-refractivity contribution >= 4 is 15.9 Å². The first-order chi connectivity index (χ1) is 6.00. The molecule has 0 heterocycles. The van der Waals surface area contributed by atoms with E-state index in [0.29, 0.717) is 0 Å². The molecule has 0 aromatic heterocycles. The van der Waals surface area contributed by atoms with Gasteiger partial charge in [-0.3, -0.25) is 0 Å². The number of halogens is 1. The van der Waals surface area contributed by atoms with E-state index in [9.17, 15) is 5.11 Å². The van der Waals surface area contributed by atoms with E-state index in [1.165, 1.54) is 16.7 Å². The monoisotopic (exact) mass is 242 g/mol. The van der Waals surface area contributed by atoms with Crippen LogP contribution in [0.5, 0.6) is 0 Å². The summed E-state index contributed by atoms with van der Waals surface area (Å²) in [7, 11) is 0. The average molecular weight is 243 g/mol. The average Bonchev–Trinajstić information content (AvgIpc) is 1.98. The molecule has 0 saturated heterocycles. The normalized spacial score (nSPS) is 13.0. The lowest BCUT2D eigenvalue weighted by Crippen LogP contribution is -2.06. The van der Waals surface area contributed by atoms with Gasteiger partial charge in [0.25, 0.3) is 0 Å². The van der Waals surface area contributed by atoms with Crippen LogP contribution in [0.2, 0.25) is 0 Å². The van der Waals surface area contributed by atoms with Crippen LogP contribution in [0.25, 0.3) is 0 Å². The molecule has 1 unspecified atom stereocenters. The van der Waals surface area contributed by atoms with E-state index >= 15 is 0 Å². The number of hydrogen-bond donors (Lipinski definition) is 1. The molecule has 1 nitrogen and oxygen atoms in total. The fourth-order valence-electron chi connectivity index (χ4n) is 1.41. The van der Waals surface area contributed by atoms with Crippen molar-refractivity contribution in [3.05, 3.63) is 33.3 Å². The minimum absolute atomic E-state index is 0.271. The standard InChI is InChI=1S/C11H15BrO/c1-7-4-11(12)6-10(9(7)3)5-8(2)13/h4,6,8,13H,5H2,1-3H3. The highest BCUT2D eigenvalue weighted by atomic mass is 79.9. The summed E-state index contributed by atoms with van der Waals surface area (Å²) in [6, 6.07) is 4.18. The summed E-state index contributed by atoms with van der Waals surface area (Å²) in [4.78, 5) is 0. The number of aryl methyl sites for hydroxylation is 1. The van der Waals surface area contributed by atoms with E-state index in [4.69, 9.17) is 0 Å². The third-order valence-electron chi connectivity index (χ3n) is 2.26. The highest BCUT2D eigenvalue weighted by molar-refractivity contribution is 9.10. The van der Waals surface area contributed by atoms with Gasteiger partial charge in [0, 0.05) is 4.47 Å². The Morgan fingerprint density at radius 1 is 1.38 bits per heavy atom. The van der Waals surface area contributed by atoms with E-state index in [0.717, 1.165) is 10.9 Å². The molecule has 0 bridgehead atoms. The first kappa shape index (κ1) is 10.7. The van der Waals surface area contributed by atoms with E-state index in [-0.39, 0.29) is 6.10 Å². The molecule has 13 heavy (non-hydrogen) atoms. The van der Waals surface area contributed by atoms with Gasteiger partial charge in [0.15, 0.2) is 0 Å². The number of benzene rings is 1. The topological polar surface area (TPSA) is 20.2 Å². The maximum atomic E-state index is 9.30. The summed E-state index contributed by atoms with van der Waals surface area (Å²) in [5, 5.41) is 9.30. The summed E-state index contributed by atoms with van der Waals surface area (Å²) < 4.78 is 1.09. The molecule has 0 aliphatic heterocycles. The van der Waals surface area contributed by atoms with E-state index in [1.54, 1.807) is 0 Å². The van der Waals surface area contributed by atoms with Crippen LogP contribution in [0.15, 0.2) is 16.6 Å². The van der Waals surface area contributed by atoms with E-state index in [1.807, 2.05) is 6.92 Å². The van der Waals surface area contributed by atoms with Gasteiger partial charge >= 0.3 is 0 Å². The smallest absolute Gasteiger partial charge is 0.0552 e. The van der Waals surface area contributed by atoms with Gasteiger partial charge in [-0.25, -0.2) is 0 Å². The minimum Gasteiger partial charge on any atom is -0.393 e. The van der Waals surface area contributed by atoms with Crippen LogP contribution in [0.1, 0.15) is 23.6 Å². The first-order valence-corrected chi connectivity index (χ1v) is 5.23. The second-order valence-corrected chi connectivity index (χ2v) is 4.48. The molecule has 1 aromatic carbocycles. The van der Waals surface area contributed by atoms with Crippen LogP contribution in [0.4, 0.5) is 0 Å². The Kier molecular flexibility index (Phi) is 3.51. The highest BCUT2D eigenvalue weighted by Gasteiger charge is 2.05. The maximum Gasteiger partial charge on any atom is 0.0552 e. The maximum absolute atomic E-state index is 9.30. The number of rotatable bonds is 2. The molecule has 2 heteroatoms. The summed E-state index contributed by atoms with van der Waals surface area (Å²) >= 11 is 3.46. The molecule has 1 rings (SSSR count). The summed E-state index contributed by atoms with van der Waals surface area (Å²) in [5.74, 6) is 0. The van der Waals surface area contributed by atoms with Gasteiger partial charge in [0.05, 0.1) is 6.10 Å². The lowest BCUT2D eigenvalue weighted by Gasteiger charge is -2.11. The molecule has 1 N–H and O–H groups in total. The molecule has 1 aromatic rings. The van der Waals surface area contributed by atoms with Gasteiger partial charge in [-0.1, -0.05) is 15.9 Å². The van der Waals surface area contributed by atoms with Crippen molar-refractivity contribution in [2.75, 3.05) is 0 Å². The Morgan fingerprint density at radius 3 is 2.54 bits per heavy atom. The van der Waals surface area contributed by atoms with Gasteiger partial charge < -0.3 is 5.11 Å². The summed E-state index contributed by atoms with van der Waals surface area (Å²) in [5.41, 5.74) is 3.77. The molecule has 0 spiro atoms. The van der Waals surface area contributed by atoms with Crippen molar-refractivity contribution in [1.29, 1.82) is 0 Å². The Morgan fingerprint density at radius 2 is 2.00 bits per heavy atom. The van der Waals surface area contributed by atoms with Gasteiger partial charge in [0.2, 0.25) is 0 Å². The van der Waals surface area contributed by atoms with Crippen LogP contribution in [-0.2, 0) is 6.42 Å². The molecule has 0 fully saturated rings. The van der Waals surface area contributed by atoms with Gasteiger partial charge in [-0.15, -0.1) is 0 Å². The largest absolute Gasteiger partial charge is 0.393 e. The van der Waals surface area contributed by atoms with Crippen molar-refractivity contribution < 1.29 is 5.11 Å². The molecule has 1 atom stereocenters. The quantitative estimate of drug-likeness (QED) is 0.846. The third kappa shape index (κ3) is 2.82. The molecule has 0 aliphatic carbocycles. The lowest BCUT2D eigenvalue weighted by atomic mass is 9.99. The van der Waals surface area contributed by atoms with Crippen LogP contribution < -0.4 is 0 Å². The van der Waals surface area contributed by atoms with Crippen molar-refractivity contribution in [3.8, 4) is 0 Å². The van der Waals surface area contributed by atoms with Crippen LogP contribution in [0.3, 0.4) is 0 Å². The summed E-state index contributed by atoms with van der Waals surface area (Å²) in [6.45, 7) is 6.00. The molecule has 0 saturated carbocycles. The lowest BCUT2D eigenvalue weighted by molar-refractivity contribution is 0.195. The van der Waals surface area contributed by atoms with Crippen LogP contribution in [-0.4, -0.2) is 11.2 Å². The SMILES string of the molecule is Cc1cc(Br)cc(CC(C)O)c1C. The number of aliphatic hydroxyl groups is 1. The van der Waals surface area contributed by atoms with Crippen molar-refractivity contribution in [2.24, 2.45) is 0 Å². The molecule has 0 amide bonds. The minimum atomic E-state index is -0.271. The van der Waals surface area contributed by atoms with Crippen LogP contribution in [0, 0.1) is 13.8 Å². The van der Waals surface area contributed by atoms with Crippen molar-refractivity contribution in [2.45, 2.75) is 33.3 Å². The number of aliphatic hydroxyl groups excluding tert-OH is 1. The molecule has 0 radical (unpaired) electrons. The van der Waals surface area contributed by atoms with Gasteiger partial charge in [-0.05, 0) is 56.0 Å². The van der Waals surface area contributed by atoms with Gasteiger partial charge in [0.1, 0.15) is 0 Å². The zero-order chi connectivity index (χ0) is 10.0. The van der Waals surface area contributed by atoms with Crippen LogP contribution >= 0.6 is 15.9 Å². The molecule has 0 aliphatic rings. The predicted octanol–water partition coefficient (Wildman–Crippen LogP) is 2.99. The Labute approximate surface area is 87.9 Å². The second-order valence-electron chi connectivity index (χ2n) is 3.56. The van der Waals surface area contributed by atoms with E-state index < -0.39 is 0 Å². The second kappa shape index (κ2) is 4.25. The van der Waals surface area contributed by atoms with Crippen molar-refractivity contribution in [1.82, 2.24) is 0 Å². The third-order valence-corrected chi connectivity index (χ3v) is 2.71. The predicted molar refractivity (Wildman–Crippen MR) is 59.0 cm³/mol. The Balaban J connectivity index is 3.05. The molecule has 72 valence electrons. The zero-order valence-electron chi connectivity index (χ0n) is 8.26. The molecular weight excluding hydrogens is 228 g/mol. The fraction of sp³-hybridized carbons (Fsp3) is 0.455. The first-order valence-electron chi connectivity index (χ1n) is 4.44. The van der Waals surface area contributed by atoms with E-state index in [2.05, 4.69) is 41.9 Å². The Bertz CT molecular complexity index is 305. The highest BCUT2D eigenvalue weighted by Crippen LogP contribution is 2.21.